The van der Waals surface area contributed by atoms with Crippen molar-refractivity contribution >= 4 is 29.9 Å². The highest BCUT2D eigenvalue weighted by Crippen LogP contribution is 2.15. The first-order chi connectivity index (χ1) is 15.7. The minimum atomic E-state index is -0.254. The van der Waals surface area contributed by atoms with Gasteiger partial charge < -0.3 is 24.8 Å². The molecule has 1 aliphatic rings. The third-order valence-electron chi connectivity index (χ3n) is 5.12. The molecule has 1 atom stereocenters. The quantitative estimate of drug-likeness (QED) is 0.170. The molecule has 1 heterocycles. The SMILES string of the molecule is CCNC(=NCc1ccc(OCc2cccc(F)c2)cc1)NCCCOCC1CCOC1.I. The van der Waals surface area contributed by atoms with Crippen LogP contribution in [0.25, 0.3) is 0 Å². The van der Waals surface area contributed by atoms with Crippen LogP contribution in [0.15, 0.2) is 53.5 Å². The van der Waals surface area contributed by atoms with E-state index in [0.29, 0.717) is 19.1 Å². The Hall–Kier alpha value is -1.91. The van der Waals surface area contributed by atoms with E-state index in [4.69, 9.17) is 14.2 Å². The molecule has 0 aliphatic carbocycles. The van der Waals surface area contributed by atoms with Crippen molar-refractivity contribution in [3.63, 3.8) is 0 Å². The summed E-state index contributed by atoms with van der Waals surface area (Å²) in [4.78, 5) is 4.65. The van der Waals surface area contributed by atoms with Gasteiger partial charge in [-0.15, -0.1) is 24.0 Å². The van der Waals surface area contributed by atoms with Crippen molar-refractivity contribution in [2.75, 3.05) is 39.5 Å². The van der Waals surface area contributed by atoms with Gasteiger partial charge in [0, 0.05) is 32.2 Å². The lowest BCUT2D eigenvalue weighted by Crippen LogP contribution is -2.38. The Kier molecular flexibility index (Phi) is 13.1. The number of halogens is 2. The molecule has 1 aliphatic heterocycles. The largest absolute Gasteiger partial charge is 0.489 e. The molecule has 2 N–H and O–H groups in total. The maximum atomic E-state index is 13.3. The predicted octanol–water partition coefficient (Wildman–Crippen LogP) is 4.52. The number of nitrogens with zero attached hydrogens (tertiary/aromatic N) is 1. The molecule has 3 rings (SSSR count). The van der Waals surface area contributed by atoms with Gasteiger partial charge >= 0.3 is 0 Å². The Balaban J connectivity index is 0.00000385. The van der Waals surface area contributed by atoms with E-state index >= 15 is 0 Å². The third kappa shape index (κ3) is 10.7. The summed E-state index contributed by atoms with van der Waals surface area (Å²) in [5.41, 5.74) is 1.89. The molecule has 0 radical (unpaired) electrons. The van der Waals surface area contributed by atoms with Gasteiger partial charge in [0.25, 0.3) is 0 Å². The maximum Gasteiger partial charge on any atom is 0.191 e. The Labute approximate surface area is 213 Å². The van der Waals surface area contributed by atoms with Crippen LogP contribution in [0, 0.1) is 11.7 Å². The fourth-order valence-electron chi connectivity index (χ4n) is 3.34. The van der Waals surface area contributed by atoms with Crippen molar-refractivity contribution in [1.82, 2.24) is 10.6 Å². The molecule has 33 heavy (non-hydrogen) atoms. The lowest BCUT2D eigenvalue weighted by atomic mass is 10.1. The summed E-state index contributed by atoms with van der Waals surface area (Å²) in [6, 6.07) is 14.3. The number of benzene rings is 2. The van der Waals surface area contributed by atoms with Gasteiger partial charge in [0.2, 0.25) is 0 Å². The molecular weight excluding hydrogens is 536 g/mol. The van der Waals surface area contributed by atoms with Crippen LogP contribution < -0.4 is 15.4 Å². The molecule has 2 aromatic rings. The second kappa shape index (κ2) is 15.8. The predicted molar refractivity (Wildman–Crippen MR) is 140 cm³/mol. The van der Waals surface area contributed by atoms with E-state index in [2.05, 4.69) is 22.5 Å². The van der Waals surface area contributed by atoms with Crippen LogP contribution >= 0.6 is 24.0 Å². The second-order valence-corrected chi connectivity index (χ2v) is 7.84. The Bertz CT molecular complexity index is 830. The zero-order valence-corrected chi connectivity index (χ0v) is 21.6. The van der Waals surface area contributed by atoms with E-state index in [1.807, 2.05) is 30.3 Å². The lowest BCUT2D eigenvalue weighted by molar-refractivity contribution is 0.0888. The topological polar surface area (TPSA) is 64.1 Å². The number of aliphatic imine (C=N–C) groups is 1. The number of rotatable bonds is 12. The number of nitrogens with one attached hydrogen (secondary N) is 2. The first-order valence-corrected chi connectivity index (χ1v) is 11.4. The van der Waals surface area contributed by atoms with Gasteiger partial charge in [-0.25, -0.2) is 9.38 Å². The van der Waals surface area contributed by atoms with Crippen molar-refractivity contribution < 1.29 is 18.6 Å². The Morgan fingerprint density at radius 3 is 2.73 bits per heavy atom. The number of ether oxygens (including phenoxy) is 3. The fourth-order valence-corrected chi connectivity index (χ4v) is 3.34. The molecule has 2 aromatic carbocycles. The average Bonchev–Trinajstić information content (AvgIpc) is 3.32. The van der Waals surface area contributed by atoms with E-state index in [0.717, 1.165) is 75.2 Å². The van der Waals surface area contributed by atoms with E-state index < -0.39 is 0 Å². The van der Waals surface area contributed by atoms with E-state index in [1.54, 1.807) is 6.07 Å². The molecule has 0 spiro atoms. The minimum absolute atomic E-state index is 0. The summed E-state index contributed by atoms with van der Waals surface area (Å²) in [5, 5.41) is 6.62. The van der Waals surface area contributed by atoms with Gasteiger partial charge in [0.1, 0.15) is 18.2 Å². The van der Waals surface area contributed by atoms with Gasteiger partial charge in [0.15, 0.2) is 5.96 Å². The van der Waals surface area contributed by atoms with Crippen molar-refractivity contribution in [3.05, 3.63) is 65.5 Å². The van der Waals surface area contributed by atoms with Gasteiger partial charge in [0.05, 0.1) is 19.8 Å². The highest BCUT2D eigenvalue weighted by atomic mass is 127. The third-order valence-corrected chi connectivity index (χ3v) is 5.12. The molecule has 0 saturated carbocycles. The zero-order chi connectivity index (χ0) is 22.4. The molecule has 1 saturated heterocycles. The normalized spacial score (nSPS) is 15.7. The number of hydrogen-bond donors (Lipinski definition) is 2. The van der Waals surface area contributed by atoms with E-state index in [9.17, 15) is 4.39 Å². The standard InChI is InChI=1S/C25H34FN3O3.HI/c1-2-27-25(28-12-4-13-30-17-22-11-14-31-18-22)29-16-20-7-9-24(10-8-20)32-19-21-5-3-6-23(26)15-21;/h3,5-10,15,22H,2,4,11-14,16-19H2,1H3,(H2,27,28,29);1H. The lowest BCUT2D eigenvalue weighted by Gasteiger charge is -2.12. The molecule has 0 aromatic heterocycles. The van der Waals surface area contributed by atoms with Gasteiger partial charge in [-0.05, 0) is 55.2 Å². The van der Waals surface area contributed by atoms with Crippen molar-refractivity contribution in [1.29, 1.82) is 0 Å². The number of guanidine groups is 1. The monoisotopic (exact) mass is 571 g/mol. The highest BCUT2D eigenvalue weighted by Gasteiger charge is 2.15. The van der Waals surface area contributed by atoms with E-state index in [-0.39, 0.29) is 29.8 Å². The molecule has 0 bridgehead atoms. The van der Waals surface area contributed by atoms with Crippen LogP contribution in [-0.4, -0.2) is 45.5 Å². The number of hydrogen-bond acceptors (Lipinski definition) is 4. The summed E-state index contributed by atoms with van der Waals surface area (Å²) in [6.07, 6.45) is 2.03. The molecule has 182 valence electrons. The van der Waals surface area contributed by atoms with Crippen molar-refractivity contribution in [2.45, 2.75) is 32.9 Å². The van der Waals surface area contributed by atoms with Crippen LogP contribution in [0.5, 0.6) is 5.75 Å². The van der Waals surface area contributed by atoms with Crippen molar-refractivity contribution in [3.8, 4) is 5.75 Å². The molecule has 8 heteroatoms. The highest BCUT2D eigenvalue weighted by molar-refractivity contribution is 14.0. The van der Waals surface area contributed by atoms with E-state index in [1.165, 1.54) is 12.1 Å². The van der Waals surface area contributed by atoms with Gasteiger partial charge in [-0.1, -0.05) is 24.3 Å². The summed E-state index contributed by atoms with van der Waals surface area (Å²) in [6.45, 7) is 7.78. The van der Waals surface area contributed by atoms with Crippen LogP contribution in [0.1, 0.15) is 30.9 Å². The van der Waals surface area contributed by atoms with Gasteiger partial charge in [-0.2, -0.15) is 0 Å². The Morgan fingerprint density at radius 1 is 1.15 bits per heavy atom. The molecular formula is C25H35FIN3O3. The van der Waals surface area contributed by atoms with Crippen LogP contribution in [0.3, 0.4) is 0 Å². The zero-order valence-electron chi connectivity index (χ0n) is 19.2. The molecule has 0 amide bonds. The second-order valence-electron chi connectivity index (χ2n) is 7.84. The van der Waals surface area contributed by atoms with Crippen molar-refractivity contribution in [2.24, 2.45) is 10.9 Å². The molecule has 1 fully saturated rings. The van der Waals surface area contributed by atoms with Crippen LogP contribution in [0.4, 0.5) is 4.39 Å². The minimum Gasteiger partial charge on any atom is -0.489 e. The first-order valence-electron chi connectivity index (χ1n) is 11.4. The molecule has 1 unspecified atom stereocenters. The first kappa shape index (κ1) is 27.3. The molecule has 6 nitrogen and oxygen atoms in total. The maximum absolute atomic E-state index is 13.3. The summed E-state index contributed by atoms with van der Waals surface area (Å²) in [5.74, 6) is 1.84. The summed E-state index contributed by atoms with van der Waals surface area (Å²) < 4.78 is 30.1. The fraction of sp³-hybridized carbons (Fsp3) is 0.480. The van der Waals surface area contributed by atoms with Gasteiger partial charge in [-0.3, -0.25) is 0 Å². The van der Waals surface area contributed by atoms with Crippen LogP contribution in [-0.2, 0) is 22.6 Å². The summed E-state index contributed by atoms with van der Waals surface area (Å²) >= 11 is 0. The Morgan fingerprint density at radius 2 is 2.00 bits per heavy atom. The average molecular weight is 571 g/mol. The smallest absolute Gasteiger partial charge is 0.191 e. The summed E-state index contributed by atoms with van der Waals surface area (Å²) in [7, 11) is 0. The van der Waals surface area contributed by atoms with Crippen LogP contribution in [0.2, 0.25) is 0 Å².